The molecule has 2 rings (SSSR count). The Kier molecular flexibility index (Phi) is 3.41. The number of aromatic nitrogens is 1. The monoisotopic (exact) mass is 265 g/mol. The van der Waals surface area contributed by atoms with Crippen LogP contribution in [-0.4, -0.2) is 28.4 Å². The van der Waals surface area contributed by atoms with E-state index in [1.807, 2.05) is 27.7 Å². The average Bonchev–Trinajstić information content (AvgIpc) is 2.46. The Labute approximate surface area is 112 Å². The first-order valence-electron chi connectivity index (χ1n) is 6.10. The summed E-state index contributed by atoms with van der Waals surface area (Å²) in [5.41, 5.74) is -0.559. The summed E-state index contributed by atoms with van der Waals surface area (Å²) in [6, 6.07) is 1.01. The van der Waals surface area contributed by atoms with Gasteiger partial charge in [0.25, 0.3) is 0 Å². The van der Waals surface area contributed by atoms with Crippen LogP contribution in [0.2, 0.25) is 0 Å². The van der Waals surface area contributed by atoms with Gasteiger partial charge in [-0.05, 0) is 33.8 Å². The highest BCUT2D eigenvalue weighted by Crippen LogP contribution is 2.37. The Morgan fingerprint density at radius 1 is 1.26 bits per heavy atom. The molecule has 0 saturated carbocycles. The first-order valence-corrected chi connectivity index (χ1v) is 6.10. The van der Waals surface area contributed by atoms with E-state index in [-0.39, 0.29) is 11.4 Å². The van der Waals surface area contributed by atoms with E-state index >= 15 is 0 Å². The fourth-order valence-electron chi connectivity index (χ4n) is 1.70. The van der Waals surface area contributed by atoms with E-state index in [2.05, 4.69) is 4.98 Å². The minimum Gasteiger partial charge on any atom is -0.506 e. The molecule has 1 aliphatic heterocycles. The van der Waals surface area contributed by atoms with Crippen molar-refractivity contribution in [2.24, 2.45) is 0 Å². The lowest BCUT2D eigenvalue weighted by atomic mass is 9.89. The van der Waals surface area contributed by atoms with Crippen molar-refractivity contribution in [3.05, 3.63) is 29.7 Å². The Morgan fingerprint density at radius 2 is 1.84 bits per heavy atom. The summed E-state index contributed by atoms with van der Waals surface area (Å²) in [6.07, 6.45) is 2.60. The van der Waals surface area contributed by atoms with Gasteiger partial charge < -0.3 is 14.4 Å². The lowest BCUT2D eigenvalue weighted by Gasteiger charge is -2.32. The van der Waals surface area contributed by atoms with E-state index in [1.54, 1.807) is 12.1 Å². The topological polar surface area (TPSA) is 51.6 Å². The number of hydrogen-bond acceptors (Lipinski definition) is 4. The SMILES string of the molecule is CC1(C)OB(/C=C/c2ncc(F)cc2O)OC1(C)C. The molecule has 1 aromatic heterocycles. The van der Waals surface area contributed by atoms with E-state index in [4.69, 9.17) is 9.31 Å². The number of rotatable bonds is 2. The van der Waals surface area contributed by atoms with Gasteiger partial charge in [-0.25, -0.2) is 9.37 Å². The van der Waals surface area contributed by atoms with Crippen LogP contribution in [0.5, 0.6) is 5.75 Å². The molecule has 1 saturated heterocycles. The third kappa shape index (κ3) is 2.79. The molecule has 0 spiro atoms. The van der Waals surface area contributed by atoms with Gasteiger partial charge in [0.1, 0.15) is 17.3 Å². The normalized spacial score (nSPS) is 21.2. The molecule has 4 nitrogen and oxygen atoms in total. The van der Waals surface area contributed by atoms with E-state index < -0.39 is 24.1 Å². The molecule has 2 heterocycles. The van der Waals surface area contributed by atoms with Crippen LogP contribution in [0.1, 0.15) is 33.4 Å². The smallest absolute Gasteiger partial charge is 0.487 e. The number of hydrogen-bond donors (Lipinski definition) is 1. The number of halogens is 1. The number of aromatic hydroxyl groups is 1. The van der Waals surface area contributed by atoms with Crippen LogP contribution in [0.15, 0.2) is 18.2 Å². The maximum Gasteiger partial charge on any atom is 0.487 e. The van der Waals surface area contributed by atoms with Crippen molar-refractivity contribution in [2.45, 2.75) is 38.9 Å². The predicted molar refractivity (Wildman–Crippen MR) is 71.0 cm³/mol. The molecule has 0 bridgehead atoms. The van der Waals surface area contributed by atoms with Gasteiger partial charge >= 0.3 is 7.12 Å². The summed E-state index contributed by atoms with van der Waals surface area (Å²) >= 11 is 0. The fourth-order valence-corrected chi connectivity index (χ4v) is 1.70. The van der Waals surface area contributed by atoms with Crippen LogP contribution >= 0.6 is 0 Å². The molecule has 0 unspecified atom stereocenters. The van der Waals surface area contributed by atoms with Gasteiger partial charge in [-0.2, -0.15) is 0 Å². The van der Waals surface area contributed by atoms with Crippen LogP contribution in [0, 0.1) is 5.82 Å². The zero-order chi connectivity index (χ0) is 14.3. The van der Waals surface area contributed by atoms with Crippen molar-refractivity contribution < 1.29 is 18.8 Å². The summed E-state index contributed by atoms with van der Waals surface area (Å²) < 4.78 is 24.3. The Bertz CT molecular complexity index is 501. The van der Waals surface area contributed by atoms with Crippen LogP contribution < -0.4 is 0 Å². The standard InChI is InChI=1S/C13H17BFNO3/c1-12(2)13(3,4)19-14(18-12)6-5-10-11(17)7-9(15)8-16-10/h5-8,17H,1-4H3/b6-5+. The van der Waals surface area contributed by atoms with Crippen molar-refractivity contribution in [3.63, 3.8) is 0 Å². The average molecular weight is 265 g/mol. The van der Waals surface area contributed by atoms with Crippen molar-refractivity contribution in [3.8, 4) is 5.75 Å². The van der Waals surface area contributed by atoms with Crippen molar-refractivity contribution >= 4 is 13.2 Å². The Morgan fingerprint density at radius 3 is 2.37 bits per heavy atom. The first kappa shape index (κ1) is 14.0. The molecular weight excluding hydrogens is 248 g/mol. The van der Waals surface area contributed by atoms with E-state index in [0.717, 1.165) is 12.3 Å². The highest BCUT2D eigenvalue weighted by Gasteiger charge is 2.50. The fraction of sp³-hybridized carbons (Fsp3) is 0.462. The summed E-state index contributed by atoms with van der Waals surface area (Å²) in [6.45, 7) is 7.81. The largest absolute Gasteiger partial charge is 0.506 e. The molecular formula is C13H17BFNO3. The zero-order valence-corrected chi connectivity index (χ0v) is 11.5. The van der Waals surface area contributed by atoms with Crippen LogP contribution in [0.25, 0.3) is 6.08 Å². The first-order chi connectivity index (χ1) is 8.71. The van der Waals surface area contributed by atoms with E-state index in [0.29, 0.717) is 0 Å². The van der Waals surface area contributed by atoms with Gasteiger partial charge in [0.2, 0.25) is 0 Å². The molecule has 102 valence electrons. The molecule has 0 atom stereocenters. The van der Waals surface area contributed by atoms with E-state index in [9.17, 15) is 9.50 Å². The molecule has 6 heteroatoms. The summed E-state index contributed by atoms with van der Waals surface area (Å²) in [5, 5.41) is 9.54. The molecule has 1 aliphatic rings. The number of pyridine rings is 1. The molecule has 0 amide bonds. The van der Waals surface area contributed by atoms with Gasteiger partial charge in [-0.1, -0.05) is 5.98 Å². The Hall–Kier alpha value is -1.40. The van der Waals surface area contributed by atoms with Crippen molar-refractivity contribution in [1.82, 2.24) is 4.98 Å². The minimum atomic E-state index is -0.578. The third-order valence-electron chi connectivity index (χ3n) is 3.55. The van der Waals surface area contributed by atoms with E-state index in [1.165, 1.54) is 0 Å². The maximum absolute atomic E-state index is 12.8. The molecule has 1 aromatic rings. The summed E-state index contributed by atoms with van der Waals surface area (Å²) in [7, 11) is -0.517. The lowest BCUT2D eigenvalue weighted by molar-refractivity contribution is 0.00578. The van der Waals surface area contributed by atoms with Gasteiger partial charge in [0.15, 0.2) is 0 Å². The predicted octanol–water partition coefficient (Wildman–Crippen LogP) is 2.57. The second kappa shape index (κ2) is 4.61. The molecule has 0 radical (unpaired) electrons. The summed E-state index contributed by atoms with van der Waals surface area (Å²) in [5.74, 6) is 0.856. The number of nitrogens with zero attached hydrogens (tertiary/aromatic N) is 1. The molecule has 19 heavy (non-hydrogen) atoms. The minimum absolute atomic E-state index is 0.215. The van der Waals surface area contributed by atoms with Crippen molar-refractivity contribution in [2.75, 3.05) is 0 Å². The zero-order valence-electron chi connectivity index (χ0n) is 11.5. The highest BCUT2D eigenvalue weighted by atomic mass is 19.1. The molecule has 0 aliphatic carbocycles. The second-order valence-electron chi connectivity index (χ2n) is 5.54. The third-order valence-corrected chi connectivity index (χ3v) is 3.55. The maximum atomic E-state index is 12.8. The van der Waals surface area contributed by atoms with Crippen molar-refractivity contribution in [1.29, 1.82) is 0 Å². The molecule has 1 fully saturated rings. The quantitative estimate of drug-likeness (QED) is 0.835. The van der Waals surface area contributed by atoms with Crippen LogP contribution in [-0.2, 0) is 9.31 Å². The Balaban J connectivity index is 2.13. The van der Waals surface area contributed by atoms with Gasteiger partial charge in [0.05, 0.1) is 17.4 Å². The highest BCUT2D eigenvalue weighted by molar-refractivity contribution is 6.52. The second-order valence-corrected chi connectivity index (χ2v) is 5.54. The van der Waals surface area contributed by atoms with Crippen LogP contribution in [0.3, 0.4) is 0 Å². The van der Waals surface area contributed by atoms with Gasteiger partial charge in [-0.15, -0.1) is 0 Å². The molecule has 0 aromatic carbocycles. The van der Waals surface area contributed by atoms with Gasteiger partial charge in [0, 0.05) is 6.07 Å². The lowest BCUT2D eigenvalue weighted by Crippen LogP contribution is -2.41. The molecule has 1 N–H and O–H groups in total. The van der Waals surface area contributed by atoms with Gasteiger partial charge in [-0.3, -0.25) is 0 Å². The summed E-state index contributed by atoms with van der Waals surface area (Å²) in [4.78, 5) is 3.79. The van der Waals surface area contributed by atoms with Crippen LogP contribution in [0.4, 0.5) is 4.39 Å².